The third-order valence-electron chi connectivity index (χ3n) is 5.25. The molecule has 1 aliphatic rings. The number of hydrogen-bond acceptors (Lipinski definition) is 3. The molecule has 1 aliphatic heterocycles. The summed E-state index contributed by atoms with van der Waals surface area (Å²) >= 11 is 6.20. The van der Waals surface area contributed by atoms with Gasteiger partial charge < -0.3 is 9.80 Å². The summed E-state index contributed by atoms with van der Waals surface area (Å²) in [5.74, 6) is 0.141. The van der Waals surface area contributed by atoms with Crippen LogP contribution in [0.2, 0.25) is 5.02 Å². The highest BCUT2D eigenvalue weighted by Gasteiger charge is 2.30. The van der Waals surface area contributed by atoms with Crippen LogP contribution in [0.1, 0.15) is 43.0 Å². The number of hydrogen-bond donors (Lipinski definition) is 0. The Labute approximate surface area is 165 Å². The summed E-state index contributed by atoms with van der Waals surface area (Å²) in [5, 5.41) is 1.39. The third kappa shape index (κ3) is 4.41. The monoisotopic (exact) mass is 387 g/mol. The van der Waals surface area contributed by atoms with E-state index >= 15 is 0 Å². The summed E-state index contributed by atoms with van der Waals surface area (Å²) in [6.07, 6.45) is 5.19. The Morgan fingerprint density at radius 3 is 2.74 bits per heavy atom. The van der Waals surface area contributed by atoms with Crippen molar-refractivity contribution in [2.75, 3.05) is 26.7 Å². The number of fused-ring (bicyclic) bond motifs is 1. The molecule has 2 amide bonds. The molecule has 2 heterocycles. The lowest BCUT2D eigenvalue weighted by molar-refractivity contribution is -0.135. The Kier molecular flexibility index (Phi) is 6.32. The molecule has 1 fully saturated rings. The van der Waals surface area contributed by atoms with E-state index in [1.54, 1.807) is 12.3 Å². The van der Waals surface area contributed by atoms with Crippen LogP contribution in [0.4, 0.5) is 0 Å². The fourth-order valence-corrected chi connectivity index (χ4v) is 3.86. The molecule has 2 aromatic rings. The number of piperidine rings is 1. The Bertz CT molecular complexity index is 831. The van der Waals surface area contributed by atoms with Crippen LogP contribution in [-0.2, 0) is 4.79 Å². The molecule has 0 bridgehead atoms. The van der Waals surface area contributed by atoms with Crippen molar-refractivity contribution < 1.29 is 9.59 Å². The number of nitrogens with zero attached hydrogens (tertiary/aromatic N) is 3. The first-order chi connectivity index (χ1) is 13.0. The lowest BCUT2D eigenvalue weighted by Crippen LogP contribution is -2.43. The van der Waals surface area contributed by atoms with E-state index in [9.17, 15) is 9.59 Å². The number of rotatable bonds is 5. The van der Waals surface area contributed by atoms with Crippen molar-refractivity contribution in [1.82, 2.24) is 14.8 Å². The van der Waals surface area contributed by atoms with E-state index in [0.29, 0.717) is 42.0 Å². The predicted octanol–water partition coefficient (Wildman–Crippen LogP) is 4.00. The number of halogens is 1. The van der Waals surface area contributed by atoms with Crippen LogP contribution in [0, 0.1) is 5.92 Å². The maximum Gasteiger partial charge on any atom is 0.256 e. The van der Waals surface area contributed by atoms with Gasteiger partial charge in [0.05, 0.1) is 11.1 Å². The molecule has 0 aliphatic carbocycles. The average Bonchev–Trinajstić information content (AvgIpc) is 2.70. The van der Waals surface area contributed by atoms with Gasteiger partial charge >= 0.3 is 0 Å². The number of amides is 2. The summed E-state index contributed by atoms with van der Waals surface area (Å²) in [7, 11) is 1.87. The van der Waals surface area contributed by atoms with Crippen molar-refractivity contribution in [2.45, 2.75) is 32.6 Å². The normalized spacial score (nSPS) is 15.1. The van der Waals surface area contributed by atoms with Crippen LogP contribution in [0.25, 0.3) is 10.9 Å². The lowest BCUT2D eigenvalue weighted by atomic mass is 9.94. The van der Waals surface area contributed by atoms with Gasteiger partial charge in [-0.2, -0.15) is 0 Å². The van der Waals surface area contributed by atoms with E-state index in [1.807, 2.05) is 35.0 Å². The van der Waals surface area contributed by atoms with Gasteiger partial charge in [0.25, 0.3) is 5.91 Å². The highest BCUT2D eigenvalue weighted by Crippen LogP contribution is 2.26. The topological polar surface area (TPSA) is 53.5 Å². The molecular weight excluding hydrogens is 362 g/mol. The van der Waals surface area contributed by atoms with E-state index in [4.69, 9.17) is 11.6 Å². The molecule has 27 heavy (non-hydrogen) atoms. The van der Waals surface area contributed by atoms with Gasteiger partial charge in [-0.05, 0) is 37.5 Å². The van der Waals surface area contributed by atoms with Crippen molar-refractivity contribution in [3.05, 3.63) is 41.0 Å². The van der Waals surface area contributed by atoms with Gasteiger partial charge in [-0.3, -0.25) is 14.6 Å². The van der Waals surface area contributed by atoms with Gasteiger partial charge in [0.2, 0.25) is 5.91 Å². The minimum Gasteiger partial charge on any atom is -0.346 e. The van der Waals surface area contributed by atoms with Crippen molar-refractivity contribution in [2.24, 2.45) is 5.92 Å². The van der Waals surface area contributed by atoms with Crippen LogP contribution in [0.15, 0.2) is 30.5 Å². The second kappa shape index (κ2) is 8.70. The largest absolute Gasteiger partial charge is 0.346 e. The number of benzene rings is 1. The summed E-state index contributed by atoms with van der Waals surface area (Å²) < 4.78 is 0. The molecule has 0 N–H and O–H groups in total. The fraction of sp³-hybridized carbons (Fsp3) is 0.476. The first kappa shape index (κ1) is 19.6. The van der Waals surface area contributed by atoms with E-state index in [1.165, 1.54) is 0 Å². The molecule has 6 heteroatoms. The molecule has 0 spiro atoms. The number of carbonyl (C=O) groups excluding carboxylic acids is 2. The standard InChI is InChI=1S/C21H26ClN3O2/c1-3-4-10-24(2)20(26)15-7-11-25(12-8-15)21(27)18-14-17(22)13-16-6-5-9-23-19(16)18/h5-6,9,13-15H,3-4,7-8,10-12H2,1-2H3. The molecular formula is C21H26ClN3O2. The smallest absolute Gasteiger partial charge is 0.256 e. The van der Waals surface area contributed by atoms with Crippen LogP contribution in [-0.4, -0.2) is 53.3 Å². The van der Waals surface area contributed by atoms with Crippen LogP contribution >= 0.6 is 11.6 Å². The second-order valence-corrected chi connectivity index (χ2v) is 7.64. The molecule has 0 radical (unpaired) electrons. The zero-order valence-electron chi connectivity index (χ0n) is 15.9. The second-order valence-electron chi connectivity index (χ2n) is 7.21. The Hall–Kier alpha value is -2.14. The summed E-state index contributed by atoms with van der Waals surface area (Å²) in [6, 6.07) is 7.24. The SMILES string of the molecule is CCCCN(C)C(=O)C1CCN(C(=O)c2cc(Cl)cc3cccnc23)CC1. The number of pyridine rings is 1. The highest BCUT2D eigenvalue weighted by molar-refractivity contribution is 6.32. The van der Waals surface area contributed by atoms with Gasteiger partial charge in [0.1, 0.15) is 0 Å². The molecule has 0 unspecified atom stereocenters. The minimum atomic E-state index is -0.0635. The quantitative estimate of drug-likeness (QED) is 0.779. The summed E-state index contributed by atoms with van der Waals surface area (Å²) in [6.45, 7) is 4.08. The highest BCUT2D eigenvalue weighted by atomic mass is 35.5. The van der Waals surface area contributed by atoms with Crippen molar-refractivity contribution in [1.29, 1.82) is 0 Å². The third-order valence-corrected chi connectivity index (χ3v) is 5.47. The number of unbranched alkanes of at least 4 members (excludes halogenated alkanes) is 1. The lowest BCUT2D eigenvalue weighted by Gasteiger charge is -2.33. The van der Waals surface area contributed by atoms with Crippen LogP contribution < -0.4 is 0 Å². The Morgan fingerprint density at radius 1 is 1.30 bits per heavy atom. The van der Waals surface area contributed by atoms with E-state index in [2.05, 4.69) is 11.9 Å². The van der Waals surface area contributed by atoms with E-state index in [0.717, 1.165) is 24.8 Å². The maximum absolute atomic E-state index is 13.0. The fourth-order valence-electron chi connectivity index (χ4n) is 3.64. The first-order valence-corrected chi connectivity index (χ1v) is 9.97. The minimum absolute atomic E-state index is 0.00476. The van der Waals surface area contributed by atoms with Gasteiger partial charge in [-0.25, -0.2) is 0 Å². The van der Waals surface area contributed by atoms with Crippen molar-refractivity contribution in [3.8, 4) is 0 Å². The number of likely N-dealkylation sites (tertiary alicyclic amines) is 1. The molecule has 1 saturated heterocycles. The molecule has 0 atom stereocenters. The molecule has 0 saturated carbocycles. The Balaban J connectivity index is 1.68. The van der Waals surface area contributed by atoms with Gasteiger partial charge in [0, 0.05) is 49.2 Å². The van der Waals surface area contributed by atoms with E-state index < -0.39 is 0 Å². The number of carbonyl (C=O) groups is 2. The predicted molar refractivity (Wildman–Crippen MR) is 108 cm³/mol. The molecule has 1 aromatic carbocycles. The van der Waals surface area contributed by atoms with E-state index in [-0.39, 0.29) is 17.7 Å². The molecule has 144 valence electrons. The number of aromatic nitrogens is 1. The Morgan fingerprint density at radius 2 is 2.04 bits per heavy atom. The maximum atomic E-state index is 13.0. The molecule has 1 aromatic heterocycles. The van der Waals surface area contributed by atoms with Crippen molar-refractivity contribution >= 4 is 34.3 Å². The van der Waals surface area contributed by atoms with Gasteiger partial charge in [-0.15, -0.1) is 0 Å². The summed E-state index contributed by atoms with van der Waals surface area (Å²) in [5.41, 5.74) is 1.20. The zero-order chi connectivity index (χ0) is 19.4. The molecule has 3 rings (SSSR count). The summed E-state index contributed by atoms with van der Waals surface area (Å²) in [4.78, 5) is 33.6. The zero-order valence-corrected chi connectivity index (χ0v) is 16.7. The van der Waals surface area contributed by atoms with Crippen molar-refractivity contribution in [3.63, 3.8) is 0 Å². The van der Waals surface area contributed by atoms with Crippen LogP contribution in [0.5, 0.6) is 0 Å². The average molecular weight is 388 g/mol. The van der Waals surface area contributed by atoms with Gasteiger partial charge in [-0.1, -0.05) is 31.0 Å². The first-order valence-electron chi connectivity index (χ1n) is 9.59. The van der Waals surface area contributed by atoms with Gasteiger partial charge in [0.15, 0.2) is 0 Å². The molecule has 5 nitrogen and oxygen atoms in total. The van der Waals surface area contributed by atoms with Crippen LogP contribution in [0.3, 0.4) is 0 Å².